The zero-order valence-electron chi connectivity index (χ0n) is 24.2. The van der Waals surface area contributed by atoms with E-state index >= 15 is 0 Å². The maximum absolute atomic E-state index is 14.0. The Bertz CT molecular complexity index is 1190. The van der Waals surface area contributed by atoms with Crippen LogP contribution in [0.1, 0.15) is 113 Å². The van der Waals surface area contributed by atoms with Crippen LogP contribution in [-0.2, 0) is 9.59 Å². The van der Waals surface area contributed by atoms with Crippen molar-refractivity contribution in [2.24, 2.45) is 0 Å². The molecule has 0 saturated carbocycles. The van der Waals surface area contributed by atoms with Gasteiger partial charge in [0.2, 0.25) is 11.8 Å². The van der Waals surface area contributed by atoms with E-state index in [9.17, 15) is 9.59 Å². The molecule has 0 aromatic heterocycles. The van der Waals surface area contributed by atoms with Gasteiger partial charge in [-0.3, -0.25) is 9.59 Å². The maximum Gasteiger partial charge on any atom is 0.241 e. The van der Waals surface area contributed by atoms with E-state index in [2.05, 4.69) is 66.0 Å². The molecule has 2 amide bonds. The van der Waals surface area contributed by atoms with Gasteiger partial charge in [-0.25, -0.2) is 0 Å². The van der Waals surface area contributed by atoms with Gasteiger partial charge in [0.25, 0.3) is 0 Å². The van der Waals surface area contributed by atoms with E-state index in [-0.39, 0.29) is 23.7 Å². The van der Waals surface area contributed by atoms with Crippen LogP contribution in [0.2, 0.25) is 10.0 Å². The molecule has 0 unspecified atom stereocenters. The number of anilines is 2. The first kappa shape index (κ1) is 30.7. The molecule has 3 rings (SSSR count). The lowest BCUT2D eigenvalue weighted by atomic mass is 9.90. The summed E-state index contributed by atoms with van der Waals surface area (Å²) < 4.78 is 0. The topological polar surface area (TPSA) is 58.2 Å². The monoisotopic (exact) mass is 566 g/mol. The lowest BCUT2D eigenvalue weighted by Gasteiger charge is -2.25. The van der Waals surface area contributed by atoms with Crippen LogP contribution in [0.15, 0.2) is 54.6 Å². The third kappa shape index (κ3) is 7.23. The smallest absolute Gasteiger partial charge is 0.241 e. The van der Waals surface area contributed by atoms with Crippen molar-refractivity contribution in [1.29, 1.82) is 0 Å². The quantitative estimate of drug-likeness (QED) is 0.253. The van der Waals surface area contributed by atoms with Gasteiger partial charge in [-0.1, -0.05) is 109 Å². The van der Waals surface area contributed by atoms with Crippen molar-refractivity contribution in [3.05, 3.63) is 92.5 Å². The van der Waals surface area contributed by atoms with Gasteiger partial charge in [0.05, 0.1) is 0 Å². The van der Waals surface area contributed by atoms with Gasteiger partial charge in [0.15, 0.2) is 0 Å². The van der Waals surface area contributed by atoms with Crippen molar-refractivity contribution in [1.82, 2.24) is 0 Å². The zero-order chi connectivity index (χ0) is 29.0. The SMILES string of the molecule is CC(C)c1cc(Cl)cc(C(C)C)c1NC(=O)C(C(=O)Nc1c(C(C)C)cc(Cl)cc1C(C)C)c1ccccc1. The summed E-state index contributed by atoms with van der Waals surface area (Å²) in [6.45, 7) is 16.5. The van der Waals surface area contributed by atoms with Crippen molar-refractivity contribution in [2.75, 3.05) is 10.6 Å². The van der Waals surface area contributed by atoms with Crippen LogP contribution >= 0.6 is 23.2 Å². The number of carbonyl (C=O) groups excluding carboxylic acids is 2. The molecule has 0 spiro atoms. The fraction of sp³-hybridized carbons (Fsp3) is 0.394. The fourth-order valence-corrected chi connectivity index (χ4v) is 5.34. The Morgan fingerprint density at radius 3 is 1.15 bits per heavy atom. The summed E-state index contributed by atoms with van der Waals surface area (Å²) in [5, 5.41) is 7.53. The molecule has 3 aromatic rings. The summed E-state index contributed by atoms with van der Waals surface area (Å²) in [7, 11) is 0. The molecular weight excluding hydrogens is 527 g/mol. The molecule has 0 aliphatic carbocycles. The van der Waals surface area contributed by atoms with Crippen LogP contribution in [-0.4, -0.2) is 11.8 Å². The molecule has 0 heterocycles. The third-order valence-corrected chi connectivity index (χ3v) is 7.41. The minimum atomic E-state index is -1.07. The van der Waals surface area contributed by atoms with Gasteiger partial charge in [-0.15, -0.1) is 0 Å². The molecule has 0 saturated heterocycles. The van der Waals surface area contributed by atoms with Crippen molar-refractivity contribution in [3.63, 3.8) is 0 Å². The summed E-state index contributed by atoms with van der Waals surface area (Å²) in [6, 6.07) is 16.7. The summed E-state index contributed by atoms with van der Waals surface area (Å²) in [6.07, 6.45) is 0. The summed E-state index contributed by atoms with van der Waals surface area (Å²) in [5.74, 6) is -1.37. The summed E-state index contributed by atoms with van der Waals surface area (Å²) in [4.78, 5) is 28.1. The Morgan fingerprint density at radius 1 is 0.564 bits per heavy atom. The first-order chi connectivity index (χ1) is 18.3. The van der Waals surface area contributed by atoms with Crippen LogP contribution in [0.25, 0.3) is 0 Å². The fourth-order valence-electron chi connectivity index (χ4n) is 4.87. The van der Waals surface area contributed by atoms with Crippen LogP contribution < -0.4 is 10.6 Å². The Labute approximate surface area is 243 Å². The normalized spacial score (nSPS) is 11.7. The lowest BCUT2D eigenvalue weighted by molar-refractivity contribution is -0.126. The van der Waals surface area contributed by atoms with Crippen LogP contribution in [0.4, 0.5) is 11.4 Å². The third-order valence-electron chi connectivity index (χ3n) is 6.97. The number of nitrogens with one attached hydrogen (secondary N) is 2. The maximum atomic E-state index is 14.0. The molecule has 0 fully saturated rings. The average molecular weight is 568 g/mol. The molecular formula is C33H40Cl2N2O2. The molecule has 0 radical (unpaired) electrons. The number of hydrogen-bond donors (Lipinski definition) is 2. The van der Waals surface area contributed by atoms with E-state index in [4.69, 9.17) is 23.2 Å². The number of carbonyl (C=O) groups is 2. The predicted octanol–water partition coefficient (Wildman–Crippen LogP) is 9.85. The molecule has 0 atom stereocenters. The van der Waals surface area contributed by atoms with E-state index in [1.54, 1.807) is 0 Å². The van der Waals surface area contributed by atoms with Crippen molar-refractivity contribution in [3.8, 4) is 0 Å². The standard InChI is InChI=1S/C33H40Cl2N2O2/c1-18(2)25-14-23(34)15-26(19(3)4)30(25)36-32(38)29(22-12-10-9-11-13-22)33(39)37-31-27(20(5)6)16-24(35)17-28(31)21(7)8/h9-21,29H,1-8H3,(H,36,38)(H,37,39). The molecule has 3 aromatic carbocycles. The van der Waals surface area contributed by atoms with E-state index in [0.717, 1.165) is 33.6 Å². The minimum Gasteiger partial charge on any atom is -0.325 e. The van der Waals surface area contributed by atoms with E-state index in [1.165, 1.54) is 0 Å². The van der Waals surface area contributed by atoms with E-state index in [0.29, 0.717) is 15.6 Å². The number of rotatable bonds is 9. The number of amides is 2. The van der Waals surface area contributed by atoms with Crippen LogP contribution in [0.5, 0.6) is 0 Å². The van der Waals surface area contributed by atoms with Gasteiger partial charge in [0, 0.05) is 21.4 Å². The highest BCUT2D eigenvalue weighted by Gasteiger charge is 2.32. The predicted molar refractivity (Wildman–Crippen MR) is 166 cm³/mol. The Hall–Kier alpha value is -2.82. The molecule has 4 nitrogen and oxygen atoms in total. The van der Waals surface area contributed by atoms with Crippen molar-refractivity contribution in [2.45, 2.75) is 85.0 Å². The Kier molecular flexibility index (Phi) is 10.3. The molecule has 0 aliphatic heterocycles. The second-order valence-corrected chi connectivity index (χ2v) is 12.2. The minimum absolute atomic E-state index is 0.122. The lowest BCUT2D eigenvalue weighted by Crippen LogP contribution is -2.33. The number of halogens is 2. The molecule has 39 heavy (non-hydrogen) atoms. The van der Waals surface area contributed by atoms with Gasteiger partial charge in [-0.2, -0.15) is 0 Å². The molecule has 0 bridgehead atoms. The van der Waals surface area contributed by atoms with Gasteiger partial charge < -0.3 is 10.6 Å². The van der Waals surface area contributed by atoms with Gasteiger partial charge in [0.1, 0.15) is 5.92 Å². The average Bonchev–Trinajstić information content (AvgIpc) is 2.85. The Balaban J connectivity index is 2.11. The molecule has 6 heteroatoms. The second kappa shape index (κ2) is 13.0. The first-order valence-electron chi connectivity index (χ1n) is 13.6. The van der Waals surface area contributed by atoms with Crippen molar-refractivity contribution < 1.29 is 9.59 Å². The van der Waals surface area contributed by atoms with Crippen molar-refractivity contribution >= 4 is 46.4 Å². The molecule has 208 valence electrons. The first-order valence-corrected chi connectivity index (χ1v) is 14.4. The van der Waals surface area contributed by atoms with Gasteiger partial charge >= 0.3 is 0 Å². The van der Waals surface area contributed by atoms with Crippen LogP contribution in [0.3, 0.4) is 0 Å². The van der Waals surface area contributed by atoms with E-state index in [1.807, 2.05) is 54.6 Å². The molecule has 0 aliphatic rings. The van der Waals surface area contributed by atoms with Crippen LogP contribution in [0, 0.1) is 0 Å². The summed E-state index contributed by atoms with van der Waals surface area (Å²) in [5.41, 5.74) is 5.81. The van der Waals surface area contributed by atoms with Gasteiger partial charge in [-0.05, 0) is 75.8 Å². The van der Waals surface area contributed by atoms with E-state index < -0.39 is 17.7 Å². The number of benzene rings is 3. The highest BCUT2D eigenvalue weighted by Crippen LogP contribution is 2.38. The largest absolute Gasteiger partial charge is 0.325 e. The zero-order valence-corrected chi connectivity index (χ0v) is 25.7. The molecule has 2 N–H and O–H groups in total. The highest BCUT2D eigenvalue weighted by molar-refractivity contribution is 6.31. The highest BCUT2D eigenvalue weighted by atomic mass is 35.5. The Morgan fingerprint density at radius 2 is 0.872 bits per heavy atom. The summed E-state index contributed by atoms with van der Waals surface area (Å²) >= 11 is 12.9. The number of hydrogen-bond acceptors (Lipinski definition) is 2. The second-order valence-electron chi connectivity index (χ2n) is 11.4.